The number of nitro benzene ring substituents is 1. The first kappa shape index (κ1) is 19.6. The Kier molecular flexibility index (Phi) is 5.59. The van der Waals surface area contributed by atoms with Crippen LogP contribution < -0.4 is 10.6 Å². The molecule has 2 heterocycles. The van der Waals surface area contributed by atoms with E-state index in [0.717, 1.165) is 17.2 Å². The molecule has 0 radical (unpaired) electrons. The van der Waals surface area contributed by atoms with Gasteiger partial charge in [-0.1, -0.05) is 12.1 Å². The van der Waals surface area contributed by atoms with Gasteiger partial charge in [-0.25, -0.2) is 9.97 Å². The highest BCUT2D eigenvalue weighted by atomic mass is 16.6. The Morgan fingerprint density at radius 1 is 0.828 bits per heavy atom. The Balaban J connectivity index is 1.92. The molecule has 3 rings (SSSR count). The predicted octanol–water partition coefficient (Wildman–Crippen LogP) is 3.51. The lowest BCUT2D eigenvalue weighted by Crippen LogP contribution is -2.21. The molecule has 0 spiro atoms. The monoisotopic (exact) mass is 391 g/mol. The fourth-order valence-corrected chi connectivity index (χ4v) is 2.48. The van der Waals surface area contributed by atoms with Crippen LogP contribution in [0.3, 0.4) is 0 Å². The molecule has 3 aromatic rings. The first-order valence-electron chi connectivity index (χ1n) is 8.60. The SMILES string of the molecule is Cc1ccc(NC(=O)c2ccc([N+](=O)[O-])cc2C(=O)Nc2ccc(C)cn2)nc1. The number of amides is 2. The number of nitrogens with one attached hydrogen (secondary N) is 2. The van der Waals surface area contributed by atoms with Crippen LogP contribution in [0.15, 0.2) is 54.9 Å². The molecule has 0 saturated carbocycles. The Hall–Kier alpha value is -4.14. The topological polar surface area (TPSA) is 127 Å². The summed E-state index contributed by atoms with van der Waals surface area (Å²) >= 11 is 0. The molecule has 0 atom stereocenters. The van der Waals surface area contributed by atoms with Crippen molar-refractivity contribution < 1.29 is 14.5 Å². The molecular weight excluding hydrogens is 374 g/mol. The summed E-state index contributed by atoms with van der Waals surface area (Å²) in [5.41, 5.74) is 1.35. The minimum Gasteiger partial charge on any atom is -0.307 e. The maximum atomic E-state index is 12.7. The fourth-order valence-electron chi connectivity index (χ4n) is 2.48. The van der Waals surface area contributed by atoms with Crippen LogP contribution in [0.4, 0.5) is 17.3 Å². The zero-order chi connectivity index (χ0) is 21.0. The van der Waals surface area contributed by atoms with E-state index in [9.17, 15) is 19.7 Å². The summed E-state index contributed by atoms with van der Waals surface area (Å²) in [4.78, 5) is 44.1. The first-order chi connectivity index (χ1) is 13.8. The minimum absolute atomic E-state index is 0.0254. The number of aryl methyl sites for hydroxylation is 2. The number of carbonyl (C=O) groups is 2. The van der Waals surface area contributed by atoms with Gasteiger partial charge in [0.25, 0.3) is 17.5 Å². The molecule has 0 unspecified atom stereocenters. The van der Waals surface area contributed by atoms with Gasteiger partial charge < -0.3 is 10.6 Å². The molecule has 0 aliphatic rings. The largest absolute Gasteiger partial charge is 0.307 e. The third-order valence-corrected chi connectivity index (χ3v) is 4.01. The molecular formula is C20H17N5O4. The van der Waals surface area contributed by atoms with Gasteiger partial charge in [0.15, 0.2) is 0 Å². The van der Waals surface area contributed by atoms with Crippen LogP contribution >= 0.6 is 0 Å². The maximum Gasteiger partial charge on any atom is 0.270 e. The van der Waals surface area contributed by atoms with Crippen LogP contribution in [0.5, 0.6) is 0 Å². The van der Waals surface area contributed by atoms with Gasteiger partial charge in [-0.3, -0.25) is 19.7 Å². The number of hydrogen-bond donors (Lipinski definition) is 2. The van der Waals surface area contributed by atoms with E-state index < -0.39 is 16.7 Å². The van der Waals surface area contributed by atoms with Crippen molar-refractivity contribution in [3.8, 4) is 0 Å². The summed E-state index contributed by atoms with van der Waals surface area (Å²) < 4.78 is 0. The molecule has 0 aliphatic heterocycles. The molecule has 2 N–H and O–H groups in total. The lowest BCUT2D eigenvalue weighted by atomic mass is 10.0. The Morgan fingerprint density at radius 3 is 1.79 bits per heavy atom. The second-order valence-electron chi connectivity index (χ2n) is 6.34. The van der Waals surface area contributed by atoms with Gasteiger partial charge in [-0.2, -0.15) is 0 Å². The maximum absolute atomic E-state index is 12.7. The highest BCUT2D eigenvalue weighted by Crippen LogP contribution is 2.20. The minimum atomic E-state index is -0.688. The average Bonchev–Trinajstić information content (AvgIpc) is 2.70. The average molecular weight is 391 g/mol. The number of anilines is 2. The van der Waals surface area contributed by atoms with Crippen LogP contribution in [-0.4, -0.2) is 26.7 Å². The van der Waals surface area contributed by atoms with Gasteiger partial charge in [0, 0.05) is 24.5 Å². The number of rotatable bonds is 5. The number of benzene rings is 1. The normalized spacial score (nSPS) is 10.3. The molecule has 2 amide bonds. The van der Waals surface area contributed by atoms with E-state index in [-0.39, 0.29) is 22.6 Å². The predicted molar refractivity (Wildman–Crippen MR) is 107 cm³/mol. The van der Waals surface area contributed by atoms with Gasteiger partial charge in [0.2, 0.25) is 0 Å². The quantitative estimate of drug-likeness (QED) is 0.506. The molecule has 0 bridgehead atoms. The standard InChI is InChI=1S/C20H17N5O4/c1-12-3-7-17(21-10-12)23-19(26)15-6-5-14(25(28)29)9-16(15)20(27)24-18-8-4-13(2)11-22-18/h3-11H,1-2H3,(H,21,23,26)(H,22,24,27). The summed E-state index contributed by atoms with van der Waals surface area (Å²) in [6.45, 7) is 3.71. The number of nitro groups is 1. The second kappa shape index (κ2) is 8.26. The van der Waals surface area contributed by atoms with Crippen molar-refractivity contribution >= 4 is 29.1 Å². The molecule has 29 heavy (non-hydrogen) atoms. The van der Waals surface area contributed by atoms with E-state index in [4.69, 9.17) is 0 Å². The number of aromatic nitrogens is 2. The van der Waals surface area contributed by atoms with Crippen LogP contribution in [-0.2, 0) is 0 Å². The molecule has 0 fully saturated rings. The summed E-state index contributed by atoms with van der Waals surface area (Å²) in [7, 11) is 0. The zero-order valence-corrected chi connectivity index (χ0v) is 15.7. The summed E-state index contributed by atoms with van der Waals surface area (Å²) in [5, 5.41) is 16.3. The number of nitrogens with zero attached hydrogens (tertiary/aromatic N) is 3. The van der Waals surface area contributed by atoms with Crippen LogP contribution in [0.2, 0.25) is 0 Å². The van der Waals surface area contributed by atoms with Gasteiger partial charge in [-0.15, -0.1) is 0 Å². The van der Waals surface area contributed by atoms with Gasteiger partial charge in [0.05, 0.1) is 16.1 Å². The number of pyridine rings is 2. The van der Waals surface area contributed by atoms with Gasteiger partial charge in [-0.05, 0) is 43.2 Å². The van der Waals surface area contributed by atoms with Crippen molar-refractivity contribution in [1.82, 2.24) is 9.97 Å². The first-order valence-corrected chi connectivity index (χ1v) is 8.60. The fraction of sp³-hybridized carbons (Fsp3) is 0.100. The molecule has 9 nitrogen and oxygen atoms in total. The summed E-state index contributed by atoms with van der Waals surface area (Å²) in [6, 6.07) is 10.2. The lowest BCUT2D eigenvalue weighted by Gasteiger charge is -2.10. The van der Waals surface area contributed by atoms with Crippen LogP contribution in [0.1, 0.15) is 31.8 Å². The van der Waals surface area contributed by atoms with Crippen molar-refractivity contribution in [1.29, 1.82) is 0 Å². The van der Waals surface area contributed by atoms with E-state index in [1.54, 1.807) is 36.7 Å². The Bertz CT molecular complexity index is 1080. The van der Waals surface area contributed by atoms with Crippen molar-refractivity contribution in [2.45, 2.75) is 13.8 Å². The van der Waals surface area contributed by atoms with Crippen molar-refractivity contribution in [2.24, 2.45) is 0 Å². The number of non-ortho nitro benzene ring substituents is 1. The van der Waals surface area contributed by atoms with E-state index >= 15 is 0 Å². The third-order valence-electron chi connectivity index (χ3n) is 4.01. The number of hydrogen-bond acceptors (Lipinski definition) is 6. The molecule has 1 aromatic carbocycles. The highest BCUT2D eigenvalue weighted by molar-refractivity contribution is 6.15. The Morgan fingerprint density at radius 2 is 1.34 bits per heavy atom. The van der Waals surface area contributed by atoms with Crippen molar-refractivity contribution in [3.63, 3.8) is 0 Å². The van der Waals surface area contributed by atoms with E-state index in [2.05, 4.69) is 20.6 Å². The summed E-state index contributed by atoms with van der Waals surface area (Å²) in [5.74, 6) is -0.741. The van der Waals surface area contributed by atoms with Gasteiger partial charge >= 0.3 is 0 Å². The molecule has 2 aromatic heterocycles. The zero-order valence-electron chi connectivity index (χ0n) is 15.7. The Labute approximate surface area is 166 Å². The van der Waals surface area contributed by atoms with Crippen molar-refractivity contribution in [3.05, 3.63) is 87.2 Å². The number of carbonyl (C=O) groups excluding carboxylic acids is 2. The van der Waals surface area contributed by atoms with Gasteiger partial charge in [0.1, 0.15) is 11.6 Å². The molecule has 146 valence electrons. The van der Waals surface area contributed by atoms with E-state index in [1.165, 1.54) is 12.1 Å². The van der Waals surface area contributed by atoms with Crippen molar-refractivity contribution in [2.75, 3.05) is 10.6 Å². The lowest BCUT2D eigenvalue weighted by molar-refractivity contribution is -0.384. The summed E-state index contributed by atoms with van der Waals surface area (Å²) in [6.07, 6.45) is 3.15. The van der Waals surface area contributed by atoms with Crippen LogP contribution in [0, 0.1) is 24.0 Å². The molecule has 0 aliphatic carbocycles. The molecule has 0 saturated heterocycles. The molecule has 9 heteroatoms. The second-order valence-corrected chi connectivity index (χ2v) is 6.34. The van der Waals surface area contributed by atoms with E-state index in [0.29, 0.717) is 5.82 Å². The highest BCUT2D eigenvalue weighted by Gasteiger charge is 2.22. The third kappa shape index (κ3) is 4.78. The van der Waals surface area contributed by atoms with E-state index in [1.807, 2.05) is 13.8 Å². The smallest absolute Gasteiger partial charge is 0.270 e. The van der Waals surface area contributed by atoms with Crippen LogP contribution in [0.25, 0.3) is 0 Å².